The van der Waals surface area contributed by atoms with E-state index in [1.54, 1.807) is 0 Å². The van der Waals surface area contributed by atoms with E-state index in [0.29, 0.717) is 0 Å². The molecule has 0 N–H and O–H groups in total. The summed E-state index contributed by atoms with van der Waals surface area (Å²) in [6.45, 7) is 0. The third-order valence-electron chi connectivity index (χ3n) is 11.1. The van der Waals surface area contributed by atoms with Gasteiger partial charge in [-0.2, -0.15) is 0 Å². The fourth-order valence-electron chi connectivity index (χ4n) is 8.82. The molecule has 3 nitrogen and oxygen atoms in total. The Morgan fingerprint density at radius 2 is 1.15 bits per heavy atom. The van der Waals surface area contributed by atoms with Crippen molar-refractivity contribution in [1.82, 2.24) is 14.0 Å². The maximum absolute atomic E-state index is 5.26. The van der Waals surface area contributed by atoms with Gasteiger partial charge in [-0.3, -0.25) is 4.57 Å². The van der Waals surface area contributed by atoms with Crippen LogP contribution >= 0.6 is 11.8 Å². The number of para-hydroxylation sites is 2. The van der Waals surface area contributed by atoms with Gasteiger partial charge in [0.05, 0.1) is 33.1 Å². The summed E-state index contributed by atoms with van der Waals surface area (Å²) >= 11 is 1.93. The third kappa shape index (κ3) is 3.90. The van der Waals surface area contributed by atoms with Crippen LogP contribution in [0.15, 0.2) is 174 Å². The topological polar surface area (TPSA) is 22.2 Å². The molecule has 1 aliphatic rings. The zero-order chi connectivity index (χ0) is 33.9. The molecule has 5 aromatic heterocycles. The molecule has 0 atom stereocenters. The Balaban J connectivity index is 1.000. The van der Waals surface area contributed by atoms with Gasteiger partial charge < -0.3 is 4.40 Å². The van der Waals surface area contributed by atoms with Crippen molar-refractivity contribution in [2.45, 2.75) is 16.2 Å². The first-order chi connectivity index (χ1) is 25.8. The molecule has 12 rings (SSSR count). The van der Waals surface area contributed by atoms with E-state index < -0.39 is 0 Å². The van der Waals surface area contributed by atoms with Crippen LogP contribution in [0.1, 0.15) is 11.1 Å². The van der Waals surface area contributed by atoms with Gasteiger partial charge in [0.15, 0.2) is 0 Å². The predicted octanol–water partition coefficient (Wildman–Crippen LogP) is 12.7. The number of pyridine rings is 2. The van der Waals surface area contributed by atoms with Crippen molar-refractivity contribution in [2.75, 3.05) is 0 Å². The molecular formula is C48H29N3S. The fourth-order valence-corrected chi connectivity index (χ4v) is 10.0. The van der Waals surface area contributed by atoms with Crippen LogP contribution in [0, 0.1) is 0 Å². The number of nitrogens with zero attached hydrogens (tertiary/aromatic N) is 3. The fraction of sp³-hybridized carbons (Fsp3) is 0.0208. The first kappa shape index (κ1) is 28.3. The van der Waals surface area contributed by atoms with Crippen LogP contribution in [0.25, 0.3) is 88.1 Å². The molecule has 6 aromatic carbocycles. The van der Waals surface area contributed by atoms with E-state index in [2.05, 4.69) is 173 Å². The highest BCUT2D eigenvalue weighted by Crippen LogP contribution is 2.49. The van der Waals surface area contributed by atoms with Gasteiger partial charge in [0.25, 0.3) is 0 Å². The smallest absolute Gasteiger partial charge is 0.138 e. The van der Waals surface area contributed by atoms with Crippen molar-refractivity contribution >= 4 is 71.8 Å². The van der Waals surface area contributed by atoms with Crippen molar-refractivity contribution < 1.29 is 0 Å². The van der Waals surface area contributed by atoms with Crippen molar-refractivity contribution in [3.8, 4) is 28.1 Å². The van der Waals surface area contributed by atoms with Crippen LogP contribution < -0.4 is 0 Å². The van der Waals surface area contributed by atoms with E-state index >= 15 is 0 Å². The van der Waals surface area contributed by atoms with Crippen LogP contribution in [-0.4, -0.2) is 14.0 Å². The molecule has 0 radical (unpaired) electrons. The molecule has 4 heteroatoms. The minimum absolute atomic E-state index is 0.926. The summed E-state index contributed by atoms with van der Waals surface area (Å²) in [5, 5.41) is 6.30. The normalized spacial score (nSPS) is 12.8. The van der Waals surface area contributed by atoms with Gasteiger partial charge in [0.2, 0.25) is 0 Å². The average Bonchev–Trinajstić information content (AvgIpc) is 3.84. The highest BCUT2D eigenvalue weighted by atomic mass is 32.2. The van der Waals surface area contributed by atoms with Gasteiger partial charge in [-0.15, -0.1) is 0 Å². The lowest BCUT2D eigenvalue weighted by Gasteiger charge is -2.18. The molecule has 0 fully saturated rings. The third-order valence-corrected chi connectivity index (χ3v) is 12.4. The minimum atomic E-state index is 0.926. The molecule has 52 heavy (non-hydrogen) atoms. The molecule has 0 amide bonds. The van der Waals surface area contributed by atoms with Gasteiger partial charge >= 0.3 is 0 Å². The highest BCUT2D eigenvalue weighted by molar-refractivity contribution is 7.99. The maximum atomic E-state index is 5.26. The van der Waals surface area contributed by atoms with Gasteiger partial charge in [0.1, 0.15) is 5.82 Å². The van der Waals surface area contributed by atoms with Crippen LogP contribution in [-0.2, 0) is 6.42 Å². The van der Waals surface area contributed by atoms with Crippen LogP contribution in [0.5, 0.6) is 0 Å². The van der Waals surface area contributed by atoms with E-state index in [1.807, 2.05) is 11.8 Å². The lowest BCUT2D eigenvalue weighted by Crippen LogP contribution is -1.99. The molecular weight excluding hydrogens is 651 g/mol. The zero-order valence-corrected chi connectivity index (χ0v) is 28.9. The van der Waals surface area contributed by atoms with E-state index in [1.165, 1.54) is 81.3 Å². The van der Waals surface area contributed by atoms with E-state index in [0.717, 1.165) is 34.2 Å². The monoisotopic (exact) mass is 679 g/mol. The summed E-state index contributed by atoms with van der Waals surface area (Å²) in [6, 6.07) is 59.8. The predicted molar refractivity (Wildman–Crippen MR) is 217 cm³/mol. The molecule has 6 heterocycles. The summed E-state index contributed by atoms with van der Waals surface area (Å²) in [5.41, 5.74) is 15.0. The summed E-state index contributed by atoms with van der Waals surface area (Å²) in [4.78, 5) is 8.00. The van der Waals surface area contributed by atoms with Crippen LogP contribution in [0.2, 0.25) is 0 Å². The molecule has 0 aliphatic carbocycles. The molecule has 11 aromatic rings. The van der Waals surface area contributed by atoms with Crippen molar-refractivity contribution in [1.29, 1.82) is 0 Å². The molecule has 0 saturated heterocycles. The Labute approximate surface area is 303 Å². The van der Waals surface area contributed by atoms with Crippen molar-refractivity contribution in [3.05, 3.63) is 175 Å². The van der Waals surface area contributed by atoms with Gasteiger partial charge in [-0.25, -0.2) is 4.98 Å². The summed E-state index contributed by atoms with van der Waals surface area (Å²) in [5.74, 6) is 0.926. The van der Waals surface area contributed by atoms with E-state index in [9.17, 15) is 0 Å². The maximum Gasteiger partial charge on any atom is 0.138 e. The average molecular weight is 680 g/mol. The molecule has 1 aliphatic heterocycles. The summed E-state index contributed by atoms with van der Waals surface area (Å²) < 4.78 is 4.83. The van der Waals surface area contributed by atoms with Gasteiger partial charge in [0, 0.05) is 43.1 Å². The van der Waals surface area contributed by atoms with Crippen LogP contribution in [0.3, 0.4) is 0 Å². The second kappa shape index (κ2) is 10.6. The number of hydrogen-bond donors (Lipinski definition) is 0. The summed E-state index contributed by atoms with van der Waals surface area (Å²) in [7, 11) is 0. The second-order valence-corrected chi connectivity index (χ2v) is 15.0. The number of rotatable bonds is 3. The van der Waals surface area contributed by atoms with Crippen molar-refractivity contribution in [2.24, 2.45) is 0 Å². The Kier molecular flexibility index (Phi) is 5.77. The Hall–Kier alpha value is -6.36. The Morgan fingerprint density at radius 3 is 2.04 bits per heavy atom. The Bertz CT molecular complexity index is 3240. The first-order valence-corrected chi connectivity index (χ1v) is 18.7. The summed E-state index contributed by atoms with van der Waals surface area (Å²) in [6.07, 6.45) is 0.943. The number of aromatic nitrogens is 3. The highest BCUT2D eigenvalue weighted by Gasteiger charge is 2.27. The zero-order valence-electron chi connectivity index (χ0n) is 28.0. The second-order valence-electron chi connectivity index (χ2n) is 13.9. The molecule has 0 bridgehead atoms. The molecule has 0 spiro atoms. The lowest BCUT2D eigenvalue weighted by molar-refractivity contribution is 1.09. The number of hydrogen-bond acceptors (Lipinski definition) is 2. The molecule has 0 unspecified atom stereocenters. The van der Waals surface area contributed by atoms with Gasteiger partial charge in [-0.05, 0) is 81.9 Å². The number of benzene rings is 6. The quantitative estimate of drug-likeness (QED) is 0.185. The molecule has 0 saturated carbocycles. The SMILES string of the molecule is c1ccc(-c2cc(-n3c4ccccc4c4cc(-c5ccc6c(c5)Sc5c(c7c8ccccc8c8cccc5n87)C6)ccc43)nc3ccccc23)cc1. The molecule has 242 valence electrons. The van der Waals surface area contributed by atoms with Crippen molar-refractivity contribution in [3.63, 3.8) is 0 Å². The number of fused-ring (bicyclic) bond motifs is 11. The van der Waals surface area contributed by atoms with Gasteiger partial charge in [-0.1, -0.05) is 127 Å². The standard InChI is InChI=1S/C48H29N3S/c1-2-11-29(12-3-1)37-28-46(49-40-17-8-6-13-33(37)40)50-41-18-9-7-15-35(41)38-25-30(23-24-43(38)50)31-21-22-32-26-39-47-36-16-5-4-14-34(36)42-19-10-20-44(51(42)47)48(39)52-45(32)27-31/h1-25,27-28H,26H2. The first-order valence-electron chi connectivity index (χ1n) is 17.8. The minimum Gasteiger partial charge on any atom is -0.308 e. The van der Waals surface area contributed by atoms with E-state index in [4.69, 9.17) is 4.98 Å². The Morgan fingerprint density at radius 1 is 0.481 bits per heavy atom. The van der Waals surface area contributed by atoms with Crippen LogP contribution in [0.4, 0.5) is 0 Å². The van der Waals surface area contributed by atoms with E-state index in [-0.39, 0.29) is 0 Å². The largest absolute Gasteiger partial charge is 0.308 e. The lowest BCUT2D eigenvalue weighted by atomic mass is 9.98.